The summed E-state index contributed by atoms with van der Waals surface area (Å²) in [7, 11) is 1.72. The van der Waals surface area contributed by atoms with Gasteiger partial charge in [-0.05, 0) is 35.2 Å². The van der Waals surface area contributed by atoms with Gasteiger partial charge in [-0.2, -0.15) is 0 Å². The van der Waals surface area contributed by atoms with Gasteiger partial charge in [0.15, 0.2) is 0 Å². The molecule has 2 aliphatic rings. The Hall–Kier alpha value is -3.22. The highest BCUT2D eigenvalue weighted by molar-refractivity contribution is 6.07. The van der Waals surface area contributed by atoms with Crippen molar-refractivity contribution in [2.24, 2.45) is 0 Å². The van der Waals surface area contributed by atoms with Crippen LogP contribution in [0.15, 0.2) is 55.0 Å². The molecule has 2 N–H and O–H groups in total. The van der Waals surface area contributed by atoms with Crippen LogP contribution in [0, 0.1) is 0 Å². The number of piperazine rings is 1. The molecule has 1 aromatic heterocycles. The largest absolute Gasteiger partial charge is 0.505 e. The van der Waals surface area contributed by atoms with Gasteiger partial charge in [-0.25, -0.2) is 9.97 Å². The number of nitrogens with one attached hydrogen (secondary N) is 1. The highest BCUT2D eigenvalue weighted by Crippen LogP contribution is 2.48. The van der Waals surface area contributed by atoms with Gasteiger partial charge in [0.05, 0.1) is 17.8 Å². The maximum Gasteiger partial charge on any atom is 0.147 e. The smallest absolute Gasteiger partial charge is 0.147 e. The van der Waals surface area contributed by atoms with Gasteiger partial charge in [0.1, 0.15) is 12.1 Å². The predicted octanol–water partition coefficient (Wildman–Crippen LogP) is 4.24. The number of aromatic nitrogens is 2. The molecular formula is C26H26N4O2. The first-order valence-corrected chi connectivity index (χ1v) is 11.2. The Morgan fingerprint density at radius 3 is 2.66 bits per heavy atom. The van der Waals surface area contributed by atoms with E-state index in [0.717, 1.165) is 57.1 Å². The first-order chi connectivity index (χ1) is 15.7. The average Bonchev–Trinajstić information content (AvgIpc) is 3.16. The molecule has 4 aromatic rings. The van der Waals surface area contributed by atoms with Crippen molar-refractivity contribution in [2.75, 3.05) is 25.1 Å². The molecule has 6 nitrogen and oxygen atoms in total. The second-order valence-electron chi connectivity index (χ2n) is 8.87. The third-order valence-corrected chi connectivity index (χ3v) is 6.89. The first kappa shape index (κ1) is 19.5. The zero-order chi connectivity index (χ0) is 21.7. The number of hydrogen-bond donors (Lipinski definition) is 2. The standard InChI is InChI=1S/C26H26N4O2/c1-32-14-22-20-4-2-3-5-21(20)24(16-6-7-17-11-27-15-28-23(17)10-16)26(31)25(22)30-12-18-8-9-19(13-30)29-18/h2-7,10-11,15,18-19,29,31H,8-9,12-14H2,1H3. The molecule has 3 heterocycles. The molecule has 2 bridgehead atoms. The SMILES string of the molecule is COCc1c(N2CC3CCC(C2)N3)c(O)c(-c2ccc3cncnc3c2)c2ccccc12. The summed E-state index contributed by atoms with van der Waals surface area (Å²) in [5.74, 6) is 0.324. The van der Waals surface area contributed by atoms with Crippen molar-refractivity contribution in [3.05, 3.63) is 60.6 Å². The molecule has 2 unspecified atom stereocenters. The van der Waals surface area contributed by atoms with E-state index >= 15 is 0 Å². The average molecular weight is 427 g/mol. The summed E-state index contributed by atoms with van der Waals surface area (Å²) >= 11 is 0. The number of phenols is 1. The second-order valence-corrected chi connectivity index (χ2v) is 8.87. The summed E-state index contributed by atoms with van der Waals surface area (Å²) in [6.45, 7) is 2.24. The van der Waals surface area contributed by atoms with Crippen LogP contribution in [0.2, 0.25) is 0 Å². The number of benzene rings is 3. The quantitative estimate of drug-likeness (QED) is 0.509. The van der Waals surface area contributed by atoms with Crippen LogP contribution in [-0.2, 0) is 11.3 Å². The third kappa shape index (κ3) is 3.10. The summed E-state index contributed by atoms with van der Waals surface area (Å²) in [4.78, 5) is 10.9. The van der Waals surface area contributed by atoms with Crippen molar-refractivity contribution in [1.29, 1.82) is 0 Å². The van der Waals surface area contributed by atoms with E-state index in [1.807, 2.05) is 24.4 Å². The van der Waals surface area contributed by atoms with Crippen LogP contribution in [0.5, 0.6) is 5.75 Å². The fraction of sp³-hybridized carbons (Fsp3) is 0.308. The monoisotopic (exact) mass is 426 g/mol. The second kappa shape index (κ2) is 7.73. The molecule has 2 saturated heterocycles. The molecule has 0 saturated carbocycles. The summed E-state index contributed by atoms with van der Waals surface area (Å²) in [6, 6.07) is 15.3. The summed E-state index contributed by atoms with van der Waals surface area (Å²) < 4.78 is 5.62. The number of hydrogen-bond acceptors (Lipinski definition) is 6. The maximum atomic E-state index is 11.8. The number of rotatable bonds is 4. The molecule has 2 aliphatic heterocycles. The van der Waals surface area contributed by atoms with E-state index in [-0.39, 0.29) is 0 Å². The van der Waals surface area contributed by atoms with Gasteiger partial charge >= 0.3 is 0 Å². The van der Waals surface area contributed by atoms with E-state index < -0.39 is 0 Å². The predicted molar refractivity (Wildman–Crippen MR) is 127 cm³/mol. The van der Waals surface area contributed by atoms with E-state index in [9.17, 15) is 5.11 Å². The van der Waals surface area contributed by atoms with Gasteiger partial charge in [0.2, 0.25) is 0 Å². The van der Waals surface area contributed by atoms with Crippen molar-refractivity contribution >= 4 is 27.4 Å². The van der Waals surface area contributed by atoms with Crippen LogP contribution >= 0.6 is 0 Å². The van der Waals surface area contributed by atoms with Crippen molar-refractivity contribution in [1.82, 2.24) is 15.3 Å². The molecule has 0 amide bonds. The molecule has 6 heteroatoms. The lowest BCUT2D eigenvalue weighted by atomic mass is 9.91. The Bertz CT molecular complexity index is 1310. The maximum absolute atomic E-state index is 11.8. The molecule has 2 fully saturated rings. The Morgan fingerprint density at radius 1 is 1.09 bits per heavy atom. The molecule has 162 valence electrons. The zero-order valence-electron chi connectivity index (χ0n) is 18.1. The Morgan fingerprint density at radius 2 is 1.88 bits per heavy atom. The number of fused-ring (bicyclic) bond motifs is 4. The molecular weight excluding hydrogens is 400 g/mol. The normalized spacial score (nSPS) is 20.3. The highest BCUT2D eigenvalue weighted by Gasteiger charge is 2.35. The molecule has 0 radical (unpaired) electrons. The number of nitrogens with zero attached hydrogens (tertiary/aromatic N) is 3. The topological polar surface area (TPSA) is 70.5 Å². The minimum absolute atomic E-state index is 0.324. The van der Waals surface area contributed by atoms with Crippen LogP contribution < -0.4 is 10.2 Å². The Balaban J connectivity index is 1.62. The number of methoxy groups -OCH3 is 1. The fourth-order valence-corrected chi connectivity index (χ4v) is 5.51. The molecule has 0 aliphatic carbocycles. The fourth-order valence-electron chi connectivity index (χ4n) is 5.51. The lowest BCUT2D eigenvalue weighted by Crippen LogP contribution is -2.51. The molecule has 0 spiro atoms. The van der Waals surface area contributed by atoms with Gasteiger partial charge in [0.25, 0.3) is 0 Å². The summed E-state index contributed by atoms with van der Waals surface area (Å²) in [6.07, 6.45) is 5.75. The number of anilines is 1. The number of ether oxygens (including phenoxy) is 1. The minimum atomic E-state index is 0.324. The zero-order valence-corrected chi connectivity index (χ0v) is 18.1. The molecule has 2 atom stereocenters. The van der Waals surface area contributed by atoms with Crippen LogP contribution in [0.25, 0.3) is 32.8 Å². The van der Waals surface area contributed by atoms with Crippen molar-refractivity contribution in [3.8, 4) is 16.9 Å². The Kier molecular flexibility index (Phi) is 4.70. The molecule has 3 aromatic carbocycles. The lowest BCUT2D eigenvalue weighted by molar-refractivity contribution is 0.186. The van der Waals surface area contributed by atoms with Gasteiger partial charge in [-0.3, -0.25) is 0 Å². The van der Waals surface area contributed by atoms with Crippen LogP contribution in [0.1, 0.15) is 18.4 Å². The van der Waals surface area contributed by atoms with Crippen molar-refractivity contribution in [3.63, 3.8) is 0 Å². The molecule has 6 rings (SSSR count). The minimum Gasteiger partial charge on any atom is -0.505 e. The van der Waals surface area contributed by atoms with Crippen LogP contribution in [0.4, 0.5) is 5.69 Å². The Labute approximate surface area is 186 Å². The highest BCUT2D eigenvalue weighted by atomic mass is 16.5. The van der Waals surface area contributed by atoms with Crippen molar-refractivity contribution in [2.45, 2.75) is 31.5 Å². The van der Waals surface area contributed by atoms with E-state index in [4.69, 9.17) is 4.74 Å². The third-order valence-electron chi connectivity index (χ3n) is 6.89. The lowest BCUT2D eigenvalue weighted by Gasteiger charge is -2.37. The van der Waals surface area contributed by atoms with Crippen molar-refractivity contribution < 1.29 is 9.84 Å². The van der Waals surface area contributed by atoms with Gasteiger partial charge in [-0.1, -0.05) is 36.4 Å². The van der Waals surface area contributed by atoms with E-state index in [2.05, 4.69) is 44.5 Å². The van der Waals surface area contributed by atoms with Crippen LogP contribution in [-0.4, -0.2) is 47.4 Å². The van der Waals surface area contributed by atoms with Gasteiger partial charge in [-0.15, -0.1) is 0 Å². The van der Waals surface area contributed by atoms with E-state index in [0.29, 0.717) is 24.4 Å². The van der Waals surface area contributed by atoms with E-state index in [1.165, 1.54) is 12.8 Å². The molecule has 32 heavy (non-hydrogen) atoms. The summed E-state index contributed by atoms with van der Waals surface area (Å²) in [5.41, 5.74) is 4.62. The number of aromatic hydroxyl groups is 1. The van der Waals surface area contributed by atoms with Crippen LogP contribution in [0.3, 0.4) is 0 Å². The number of phenolic OH excluding ortho intramolecular Hbond substituents is 1. The van der Waals surface area contributed by atoms with E-state index in [1.54, 1.807) is 13.4 Å². The van der Waals surface area contributed by atoms with Gasteiger partial charge in [0, 0.05) is 55.0 Å². The first-order valence-electron chi connectivity index (χ1n) is 11.2. The van der Waals surface area contributed by atoms with Gasteiger partial charge < -0.3 is 20.1 Å². The summed E-state index contributed by atoms with van der Waals surface area (Å²) in [5, 5.41) is 18.6.